The van der Waals surface area contributed by atoms with Crippen LogP contribution >= 0.6 is 0 Å². The maximum Gasteiger partial charge on any atom is 0.242 e. The number of likely N-dealkylation sites (N-methyl/N-ethyl adjacent to an activating group) is 1. The number of aryl methyl sites for hydroxylation is 1. The Morgan fingerprint density at radius 1 is 1.18 bits per heavy atom. The van der Waals surface area contributed by atoms with Gasteiger partial charge >= 0.3 is 0 Å². The molecular formula is C18H24N2O2. The van der Waals surface area contributed by atoms with Gasteiger partial charge in [-0.25, -0.2) is 0 Å². The molecule has 0 unspecified atom stereocenters. The van der Waals surface area contributed by atoms with Crippen molar-refractivity contribution in [3.63, 3.8) is 0 Å². The summed E-state index contributed by atoms with van der Waals surface area (Å²) >= 11 is 0. The minimum atomic E-state index is -0.00644. The fraction of sp³-hybridized carbons (Fsp3) is 0.556. The third-order valence-corrected chi connectivity index (χ3v) is 5.10. The summed E-state index contributed by atoms with van der Waals surface area (Å²) in [6.45, 7) is 0.116. The van der Waals surface area contributed by atoms with Crippen LogP contribution in [0.25, 0.3) is 0 Å². The Morgan fingerprint density at radius 2 is 1.91 bits per heavy atom. The summed E-state index contributed by atoms with van der Waals surface area (Å²) in [5.74, 6) is 0.157. The van der Waals surface area contributed by atoms with Gasteiger partial charge in [-0.15, -0.1) is 0 Å². The van der Waals surface area contributed by atoms with E-state index in [1.54, 1.807) is 4.90 Å². The first-order chi connectivity index (χ1) is 10.7. The molecule has 2 aliphatic rings. The van der Waals surface area contributed by atoms with Crippen LogP contribution in [0.4, 0.5) is 0 Å². The average Bonchev–Trinajstić information content (AvgIpc) is 3.20. The third-order valence-electron chi connectivity index (χ3n) is 5.10. The van der Waals surface area contributed by atoms with Crippen LogP contribution in [0.5, 0.6) is 0 Å². The molecule has 0 saturated heterocycles. The molecule has 118 valence electrons. The molecule has 1 atom stereocenters. The quantitative estimate of drug-likeness (QED) is 0.928. The van der Waals surface area contributed by atoms with E-state index in [4.69, 9.17) is 0 Å². The van der Waals surface area contributed by atoms with E-state index >= 15 is 0 Å². The van der Waals surface area contributed by atoms with E-state index in [1.165, 1.54) is 11.1 Å². The normalized spacial score (nSPS) is 20.7. The molecule has 4 heteroatoms. The second-order valence-electron chi connectivity index (χ2n) is 6.46. The summed E-state index contributed by atoms with van der Waals surface area (Å²) in [7, 11) is 1.84. The lowest BCUT2D eigenvalue weighted by molar-refractivity contribution is -0.134. The number of benzene rings is 1. The van der Waals surface area contributed by atoms with Gasteiger partial charge in [0.15, 0.2) is 0 Å². The Hall–Kier alpha value is -1.84. The number of rotatable bonds is 4. The van der Waals surface area contributed by atoms with Gasteiger partial charge in [-0.1, -0.05) is 37.1 Å². The van der Waals surface area contributed by atoms with Crippen molar-refractivity contribution in [3.8, 4) is 0 Å². The van der Waals surface area contributed by atoms with Gasteiger partial charge in [0.2, 0.25) is 11.8 Å². The first kappa shape index (κ1) is 15.1. The van der Waals surface area contributed by atoms with Crippen LogP contribution in [0.15, 0.2) is 24.3 Å². The van der Waals surface area contributed by atoms with Gasteiger partial charge in [0.05, 0.1) is 12.6 Å². The molecule has 1 aromatic rings. The molecule has 0 bridgehead atoms. The van der Waals surface area contributed by atoms with E-state index in [2.05, 4.69) is 17.4 Å². The van der Waals surface area contributed by atoms with Gasteiger partial charge in [-0.05, 0) is 36.8 Å². The number of hydrogen-bond acceptors (Lipinski definition) is 2. The topological polar surface area (TPSA) is 49.4 Å². The molecule has 4 nitrogen and oxygen atoms in total. The number of amides is 2. The highest BCUT2D eigenvalue weighted by Gasteiger charge is 2.29. The van der Waals surface area contributed by atoms with Crippen LogP contribution in [0, 0.1) is 5.92 Å². The summed E-state index contributed by atoms with van der Waals surface area (Å²) in [6, 6.07) is 8.46. The predicted octanol–water partition coefficient (Wildman–Crippen LogP) is 2.44. The van der Waals surface area contributed by atoms with E-state index in [-0.39, 0.29) is 30.3 Å². The highest BCUT2D eigenvalue weighted by Crippen LogP contribution is 2.34. The van der Waals surface area contributed by atoms with Gasteiger partial charge < -0.3 is 10.2 Å². The minimum Gasteiger partial charge on any atom is -0.347 e. The molecule has 0 heterocycles. The molecule has 2 amide bonds. The monoisotopic (exact) mass is 300 g/mol. The number of carbonyl (C=O) groups is 2. The van der Waals surface area contributed by atoms with Crippen molar-refractivity contribution in [1.82, 2.24) is 10.2 Å². The van der Waals surface area contributed by atoms with Crippen molar-refractivity contribution in [2.75, 3.05) is 13.6 Å². The van der Waals surface area contributed by atoms with Gasteiger partial charge in [-0.2, -0.15) is 0 Å². The van der Waals surface area contributed by atoms with Gasteiger partial charge in [-0.3, -0.25) is 9.59 Å². The standard InChI is InChI=1S/C18H24N2O2/c1-20(16-11-10-13-6-4-5-9-15(13)16)17(21)12-19-18(22)14-7-2-3-8-14/h4-6,9,14,16H,2-3,7-8,10-12H2,1H3,(H,19,22)/t16-/m1/s1. The Balaban J connectivity index is 1.55. The van der Waals surface area contributed by atoms with Crippen LogP contribution in [0.1, 0.15) is 49.3 Å². The largest absolute Gasteiger partial charge is 0.347 e. The van der Waals surface area contributed by atoms with Crippen LogP contribution < -0.4 is 5.32 Å². The average molecular weight is 300 g/mol. The Bertz CT molecular complexity index is 564. The highest BCUT2D eigenvalue weighted by atomic mass is 16.2. The predicted molar refractivity (Wildman–Crippen MR) is 85.2 cm³/mol. The van der Waals surface area contributed by atoms with Crippen molar-refractivity contribution in [2.24, 2.45) is 5.92 Å². The van der Waals surface area contributed by atoms with Crippen LogP contribution in [0.2, 0.25) is 0 Å². The van der Waals surface area contributed by atoms with Crippen molar-refractivity contribution in [2.45, 2.75) is 44.6 Å². The molecule has 0 radical (unpaired) electrons. The van der Waals surface area contributed by atoms with E-state index in [1.807, 2.05) is 19.2 Å². The summed E-state index contributed by atoms with van der Waals surface area (Å²) < 4.78 is 0. The van der Waals surface area contributed by atoms with Crippen LogP contribution in [0.3, 0.4) is 0 Å². The molecule has 3 rings (SSSR count). The molecular weight excluding hydrogens is 276 g/mol. The van der Waals surface area contributed by atoms with Crippen molar-refractivity contribution in [1.29, 1.82) is 0 Å². The number of fused-ring (bicyclic) bond motifs is 1. The summed E-state index contributed by atoms with van der Waals surface area (Å²) in [6.07, 6.45) is 6.18. The zero-order chi connectivity index (χ0) is 15.5. The lowest BCUT2D eigenvalue weighted by Gasteiger charge is -2.26. The fourth-order valence-electron chi connectivity index (χ4n) is 3.73. The molecule has 0 spiro atoms. The van der Waals surface area contributed by atoms with Crippen LogP contribution in [-0.2, 0) is 16.0 Å². The maximum absolute atomic E-state index is 12.4. The zero-order valence-electron chi connectivity index (χ0n) is 13.2. The second-order valence-corrected chi connectivity index (χ2v) is 6.46. The molecule has 22 heavy (non-hydrogen) atoms. The highest BCUT2D eigenvalue weighted by molar-refractivity contribution is 5.86. The molecule has 1 N–H and O–H groups in total. The van der Waals surface area contributed by atoms with Gasteiger partial charge in [0, 0.05) is 13.0 Å². The number of hydrogen-bond donors (Lipinski definition) is 1. The van der Waals surface area contributed by atoms with Crippen molar-refractivity contribution in [3.05, 3.63) is 35.4 Å². The summed E-state index contributed by atoms with van der Waals surface area (Å²) in [5.41, 5.74) is 2.59. The van der Waals surface area contributed by atoms with Gasteiger partial charge in [0.1, 0.15) is 0 Å². The first-order valence-electron chi connectivity index (χ1n) is 8.28. The molecule has 1 aromatic carbocycles. The third kappa shape index (κ3) is 3.01. The van der Waals surface area contributed by atoms with Crippen molar-refractivity contribution >= 4 is 11.8 Å². The van der Waals surface area contributed by atoms with E-state index < -0.39 is 0 Å². The molecule has 0 aromatic heterocycles. The SMILES string of the molecule is CN(C(=O)CNC(=O)C1CCCC1)[C@@H]1CCc2ccccc21. The molecule has 1 fully saturated rings. The summed E-state index contributed by atoms with van der Waals surface area (Å²) in [4.78, 5) is 26.2. The second kappa shape index (κ2) is 6.51. The lowest BCUT2D eigenvalue weighted by atomic mass is 10.1. The summed E-state index contributed by atoms with van der Waals surface area (Å²) in [5, 5.41) is 2.82. The maximum atomic E-state index is 12.4. The molecule has 2 aliphatic carbocycles. The van der Waals surface area contributed by atoms with E-state index in [0.717, 1.165) is 38.5 Å². The minimum absolute atomic E-state index is 0.00644. The Kier molecular flexibility index (Phi) is 4.46. The molecule has 0 aliphatic heterocycles. The smallest absolute Gasteiger partial charge is 0.242 e. The van der Waals surface area contributed by atoms with Gasteiger partial charge in [0.25, 0.3) is 0 Å². The van der Waals surface area contributed by atoms with Crippen molar-refractivity contribution < 1.29 is 9.59 Å². The molecule has 1 saturated carbocycles. The zero-order valence-corrected chi connectivity index (χ0v) is 13.2. The first-order valence-corrected chi connectivity index (χ1v) is 8.28. The van der Waals surface area contributed by atoms with E-state index in [9.17, 15) is 9.59 Å². The fourth-order valence-corrected chi connectivity index (χ4v) is 3.73. The Labute approximate surface area is 131 Å². The van der Waals surface area contributed by atoms with E-state index in [0.29, 0.717) is 0 Å². The number of nitrogens with one attached hydrogen (secondary N) is 1. The Morgan fingerprint density at radius 3 is 2.68 bits per heavy atom. The van der Waals surface area contributed by atoms with Crippen LogP contribution in [-0.4, -0.2) is 30.3 Å². The number of nitrogens with zero attached hydrogens (tertiary/aromatic N) is 1. The number of carbonyl (C=O) groups excluding carboxylic acids is 2. The lowest BCUT2D eigenvalue weighted by Crippen LogP contribution is -2.41.